The number of amides is 2. The molecule has 2 aliphatic rings. The Morgan fingerprint density at radius 2 is 1.90 bits per heavy atom. The standard InChI is InChI=1S/C21H22F4N4O/c22-16-2-3-18-15(11-16)5-10-29(18)20(30)27-17-6-8-28(9-7-17)13-14-1-4-19(26-12-14)21(23,24)25/h1-4,11-12,17H,5-10,13H2,(H,27,30). The molecule has 160 valence electrons. The van der Waals surface area contributed by atoms with Crippen LogP contribution in [0, 0.1) is 5.82 Å². The van der Waals surface area contributed by atoms with Crippen molar-refractivity contribution < 1.29 is 22.4 Å². The molecule has 0 radical (unpaired) electrons. The molecule has 0 atom stereocenters. The van der Waals surface area contributed by atoms with Gasteiger partial charge in [0.15, 0.2) is 0 Å². The molecule has 0 spiro atoms. The van der Waals surface area contributed by atoms with E-state index in [1.165, 1.54) is 24.4 Å². The average Bonchev–Trinajstić information content (AvgIpc) is 3.12. The summed E-state index contributed by atoms with van der Waals surface area (Å²) in [5.74, 6) is -0.299. The summed E-state index contributed by atoms with van der Waals surface area (Å²) in [5.41, 5.74) is 1.43. The van der Waals surface area contributed by atoms with Gasteiger partial charge in [0.25, 0.3) is 0 Å². The Labute approximate surface area is 171 Å². The summed E-state index contributed by atoms with van der Waals surface area (Å²) in [7, 11) is 0. The number of urea groups is 1. The maximum Gasteiger partial charge on any atom is 0.433 e. The summed E-state index contributed by atoms with van der Waals surface area (Å²) in [6.07, 6.45) is -1.02. The second kappa shape index (κ2) is 8.22. The molecular formula is C21H22F4N4O. The van der Waals surface area contributed by atoms with E-state index in [1.54, 1.807) is 11.0 Å². The number of pyridine rings is 1. The van der Waals surface area contributed by atoms with Crippen LogP contribution in [0.2, 0.25) is 0 Å². The lowest BCUT2D eigenvalue weighted by molar-refractivity contribution is -0.141. The normalized spacial score (nSPS) is 17.8. The molecule has 0 bridgehead atoms. The first-order chi connectivity index (χ1) is 14.3. The van der Waals surface area contributed by atoms with E-state index in [0.29, 0.717) is 19.5 Å². The van der Waals surface area contributed by atoms with Gasteiger partial charge in [0.1, 0.15) is 11.5 Å². The lowest BCUT2D eigenvalue weighted by Crippen LogP contribution is -2.48. The number of rotatable bonds is 3. The molecule has 3 heterocycles. The van der Waals surface area contributed by atoms with Crippen molar-refractivity contribution >= 4 is 11.7 Å². The van der Waals surface area contributed by atoms with Crippen molar-refractivity contribution in [1.29, 1.82) is 0 Å². The first-order valence-corrected chi connectivity index (χ1v) is 9.90. The molecule has 1 aromatic heterocycles. The highest BCUT2D eigenvalue weighted by Crippen LogP contribution is 2.29. The summed E-state index contributed by atoms with van der Waals surface area (Å²) >= 11 is 0. The highest BCUT2D eigenvalue weighted by Gasteiger charge is 2.32. The van der Waals surface area contributed by atoms with E-state index in [4.69, 9.17) is 0 Å². The predicted molar refractivity (Wildman–Crippen MR) is 104 cm³/mol. The maximum absolute atomic E-state index is 13.4. The SMILES string of the molecule is O=C(NC1CCN(Cc2ccc(C(F)(F)F)nc2)CC1)N1CCc2cc(F)ccc21. The van der Waals surface area contributed by atoms with Crippen molar-refractivity contribution in [1.82, 2.24) is 15.2 Å². The minimum Gasteiger partial charge on any atom is -0.335 e. The van der Waals surface area contributed by atoms with Crippen LogP contribution in [-0.4, -0.2) is 41.6 Å². The number of nitrogens with one attached hydrogen (secondary N) is 1. The van der Waals surface area contributed by atoms with Crippen LogP contribution in [0.4, 0.5) is 28.0 Å². The van der Waals surface area contributed by atoms with Gasteiger partial charge in [-0.05, 0) is 54.7 Å². The summed E-state index contributed by atoms with van der Waals surface area (Å²) < 4.78 is 51.2. The number of carbonyl (C=O) groups is 1. The molecule has 0 aliphatic carbocycles. The first-order valence-electron chi connectivity index (χ1n) is 9.90. The number of likely N-dealkylation sites (tertiary alicyclic amines) is 1. The van der Waals surface area contributed by atoms with Crippen LogP contribution in [0.15, 0.2) is 36.5 Å². The van der Waals surface area contributed by atoms with Gasteiger partial charge in [-0.3, -0.25) is 14.8 Å². The van der Waals surface area contributed by atoms with Crippen molar-refractivity contribution in [2.24, 2.45) is 0 Å². The Hall–Kier alpha value is -2.68. The number of benzene rings is 1. The van der Waals surface area contributed by atoms with Gasteiger partial charge in [-0.1, -0.05) is 6.07 Å². The van der Waals surface area contributed by atoms with E-state index in [9.17, 15) is 22.4 Å². The van der Waals surface area contributed by atoms with Gasteiger partial charge < -0.3 is 5.32 Å². The number of hydrogen-bond donors (Lipinski definition) is 1. The molecule has 1 saturated heterocycles. The molecule has 30 heavy (non-hydrogen) atoms. The molecule has 4 rings (SSSR count). The van der Waals surface area contributed by atoms with Crippen LogP contribution >= 0.6 is 0 Å². The molecule has 0 unspecified atom stereocenters. The van der Waals surface area contributed by atoms with Crippen LogP contribution in [0.1, 0.15) is 29.7 Å². The minimum absolute atomic E-state index is 0.0315. The molecule has 2 amide bonds. The van der Waals surface area contributed by atoms with Gasteiger partial charge in [-0.2, -0.15) is 13.2 Å². The van der Waals surface area contributed by atoms with E-state index >= 15 is 0 Å². The largest absolute Gasteiger partial charge is 0.433 e. The number of anilines is 1. The van der Waals surface area contributed by atoms with E-state index in [1.807, 2.05) is 0 Å². The van der Waals surface area contributed by atoms with Crippen LogP contribution in [0.5, 0.6) is 0 Å². The molecule has 1 N–H and O–H groups in total. The minimum atomic E-state index is -4.43. The lowest BCUT2D eigenvalue weighted by Gasteiger charge is -2.33. The molecular weight excluding hydrogens is 400 g/mol. The van der Waals surface area contributed by atoms with Crippen LogP contribution < -0.4 is 10.2 Å². The summed E-state index contributed by atoms with van der Waals surface area (Å²) in [6.45, 7) is 2.52. The fraction of sp³-hybridized carbons (Fsp3) is 0.429. The zero-order valence-electron chi connectivity index (χ0n) is 16.3. The van der Waals surface area contributed by atoms with E-state index in [2.05, 4.69) is 15.2 Å². The molecule has 9 heteroatoms. The number of halogens is 4. The van der Waals surface area contributed by atoms with Crippen molar-refractivity contribution in [2.75, 3.05) is 24.5 Å². The second-order valence-electron chi connectivity index (χ2n) is 7.72. The molecule has 1 aromatic carbocycles. The van der Waals surface area contributed by atoms with Gasteiger partial charge >= 0.3 is 12.2 Å². The van der Waals surface area contributed by atoms with Gasteiger partial charge in [0.2, 0.25) is 0 Å². The highest BCUT2D eigenvalue weighted by atomic mass is 19.4. The lowest BCUT2D eigenvalue weighted by atomic mass is 10.0. The number of aromatic nitrogens is 1. The quantitative estimate of drug-likeness (QED) is 0.762. The number of nitrogens with zero attached hydrogens (tertiary/aromatic N) is 3. The molecule has 2 aromatic rings. The highest BCUT2D eigenvalue weighted by molar-refractivity contribution is 5.94. The van der Waals surface area contributed by atoms with Gasteiger partial charge in [-0.25, -0.2) is 9.18 Å². The van der Waals surface area contributed by atoms with E-state index in [-0.39, 0.29) is 17.9 Å². The Balaban J connectivity index is 1.27. The molecule has 5 nitrogen and oxygen atoms in total. The predicted octanol–water partition coefficient (Wildman–Crippen LogP) is 3.98. The van der Waals surface area contributed by atoms with Crippen molar-refractivity contribution in [3.05, 3.63) is 59.2 Å². The maximum atomic E-state index is 13.4. The van der Waals surface area contributed by atoms with Gasteiger partial charge in [-0.15, -0.1) is 0 Å². The van der Waals surface area contributed by atoms with Crippen molar-refractivity contribution in [3.63, 3.8) is 0 Å². The van der Waals surface area contributed by atoms with Crippen LogP contribution in [0.3, 0.4) is 0 Å². The van der Waals surface area contributed by atoms with Gasteiger partial charge in [0.05, 0.1) is 0 Å². The van der Waals surface area contributed by atoms with Crippen molar-refractivity contribution in [3.8, 4) is 0 Å². The number of carbonyl (C=O) groups excluding carboxylic acids is 1. The third-order valence-electron chi connectivity index (χ3n) is 5.62. The third kappa shape index (κ3) is 4.56. The number of fused-ring (bicyclic) bond motifs is 1. The third-order valence-corrected chi connectivity index (χ3v) is 5.62. The average molecular weight is 422 g/mol. The Morgan fingerprint density at radius 3 is 2.57 bits per heavy atom. The number of alkyl halides is 3. The monoisotopic (exact) mass is 422 g/mol. The molecule has 1 fully saturated rings. The van der Waals surface area contributed by atoms with Crippen LogP contribution in [0.25, 0.3) is 0 Å². The van der Waals surface area contributed by atoms with E-state index < -0.39 is 11.9 Å². The molecule has 0 saturated carbocycles. The number of hydrogen-bond acceptors (Lipinski definition) is 3. The summed E-state index contributed by atoms with van der Waals surface area (Å²) in [6, 6.07) is 6.78. The zero-order chi connectivity index (χ0) is 21.3. The smallest absolute Gasteiger partial charge is 0.335 e. The fourth-order valence-corrected chi connectivity index (χ4v) is 4.01. The fourth-order valence-electron chi connectivity index (χ4n) is 4.01. The van der Waals surface area contributed by atoms with E-state index in [0.717, 1.165) is 48.8 Å². The van der Waals surface area contributed by atoms with Gasteiger partial charge in [0, 0.05) is 44.1 Å². The Kier molecular flexibility index (Phi) is 5.64. The zero-order valence-corrected chi connectivity index (χ0v) is 16.3. The van der Waals surface area contributed by atoms with Crippen molar-refractivity contribution in [2.45, 2.75) is 38.0 Å². The Bertz CT molecular complexity index is 908. The summed E-state index contributed by atoms with van der Waals surface area (Å²) in [4.78, 5) is 19.9. The van der Waals surface area contributed by atoms with Crippen LogP contribution in [-0.2, 0) is 19.1 Å². The second-order valence-corrected chi connectivity index (χ2v) is 7.72. The molecule has 2 aliphatic heterocycles. The summed E-state index contributed by atoms with van der Waals surface area (Å²) in [5, 5.41) is 3.05. The first kappa shape index (κ1) is 20.6. The topological polar surface area (TPSA) is 48.5 Å². The number of piperidine rings is 1. The Morgan fingerprint density at radius 1 is 1.13 bits per heavy atom.